The minimum Gasteiger partial charge on any atom is -0.748 e. The van der Waals surface area contributed by atoms with Crippen molar-refractivity contribution in [2.45, 2.75) is 27.2 Å². The van der Waals surface area contributed by atoms with Gasteiger partial charge in [0.05, 0.1) is 30.8 Å². The van der Waals surface area contributed by atoms with E-state index in [9.17, 15) is 17.8 Å². The predicted molar refractivity (Wildman–Crippen MR) is 70.1 cm³/mol. The molecule has 0 radical (unpaired) electrons. The van der Waals surface area contributed by atoms with Crippen molar-refractivity contribution in [2.24, 2.45) is 0 Å². The predicted octanol–water partition coefficient (Wildman–Crippen LogP) is -0.123. The highest BCUT2D eigenvalue weighted by molar-refractivity contribution is 7.85. The average Bonchev–Trinajstić information content (AvgIpc) is 2.18. The molecule has 0 bridgehead atoms. The van der Waals surface area contributed by atoms with E-state index in [2.05, 4.69) is 11.3 Å². The maximum absolute atomic E-state index is 10.4. The highest BCUT2D eigenvalue weighted by Crippen LogP contribution is 1.89. The molecule has 0 unspecified atom stereocenters. The number of carbonyl (C=O) groups is 1. The average molecular weight is 283 g/mol. The Bertz CT molecular complexity index is 311. The summed E-state index contributed by atoms with van der Waals surface area (Å²) in [6, 6.07) is 0. The third-order valence-electron chi connectivity index (χ3n) is 1.08. The fourth-order valence-corrected chi connectivity index (χ4v) is 1.00. The Labute approximate surface area is 110 Å². The summed E-state index contributed by atoms with van der Waals surface area (Å²) < 4.78 is 33.6. The van der Waals surface area contributed by atoms with E-state index in [1.807, 2.05) is 19.4 Å². The van der Waals surface area contributed by atoms with E-state index in [4.69, 9.17) is 0 Å². The zero-order valence-electron chi connectivity index (χ0n) is 11.9. The van der Waals surface area contributed by atoms with Crippen molar-refractivity contribution in [3.63, 3.8) is 0 Å². The van der Waals surface area contributed by atoms with Crippen LogP contribution in [0, 0.1) is 0 Å². The summed E-state index contributed by atoms with van der Waals surface area (Å²) in [6.45, 7) is 8.86. The van der Waals surface area contributed by atoms with Gasteiger partial charge in [0.2, 0.25) is 0 Å². The van der Waals surface area contributed by atoms with Gasteiger partial charge in [0.1, 0.15) is 0 Å². The second kappa shape index (κ2) is 14.1. The van der Waals surface area contributed by atoms with E-state index >= 15 is 0 Å². The molecule has 0 aliphatic carbocycles. The Kier molecular flexibility index (Phi) is 17.5. The van der Waals surface area contributed by atoms with Crippen LogP contribution in [0.25, 0.3) is 0 Å². The minimum atomic E-state index is -3.92. The minimum absolute atomic E-state index is 0.243. The zero-order chi connectivity index (χ0) is 15.2. The summed E-state index contributed by atoms with van der Waals surface area (Å²) >= 11 is 0. The number of ether oxygens (including phenoxy) is 1. The van der Waals surface area contributed by atoms with E-state index in [1.54, 1.807) is 20.8 Å². The van der Waals surface area contributed by atoms with Crippen molar-refractivity contribution in [2.75, 3.05) is 26.5 Å². The maximum atomic E-state index is 10.4. The molecule has 0 aliphatic rings. The van der Waals surface area contributed by atoms with Gasteiger partial charge in [0, 0.05) is 11.3 Å². The number of rotatable bonds is 4. The molecule has 0 spiro atoms. The quantitative estimate of drug-likeness (QED) is 0.440. The van der Waals surface area contributed by atoms with Crippen LogP contribution >= 0.6 is 0 Å². The summed E-state index contributed by atoms with van der Waals surface area (Å²) in [5.74, 6) is -0.556. The number of hydrogen-bond acceptors (Lipinski definition) is 5. The Morgan fingerprint density at radius 1 is 1.33 bits per heavy atom. The Hall–Kier alpha value is -0.920. The summed E-state index contributed by atoms with van der Waals surface area (Å²) in [7, 11) is 0.0758. The zero-order valence-corrected chi connectivity index (χ0v) is 12.7. The van der Waals surface area contributed by atoms with Crippen molar-refractivity contribution < 1.29 is 27.8 Å². The first-order valence-corrected chi connectivity index (χ1v) is 7.24. The third-order valence-corrected chi connectivity index (χ3v) is 1.99. The lowest BCUT2D eigenvalue weighted by Gasteiger charge is -2.00. The van der Waals surface area contributed by atoms with Crippen LogP contribution in [0.5, 0.6) is 0 Å². The molecule has 0 saturated carbocycles. The summed E-state index contributed by atoms with van der Waals surface area (Å²) in [5.41, 5.74) is 0.451. The molecule has 18 heavy (non-hydrogen) atoms. The Morgan fingerprint density at radius 2 is 1.72 bits per heavy atom. The molecule has 0 rings (SSSR count). The lowest BCUT2D eigenvalue weighted by atomic mass is 10.4. The van der Waals surface area contributed by atoms with Gasteiger partial charge in [-0.25, -0.2) is 13.2 Å². The SMILES string of the molecule is C=C(C)C(=O)OCC.CCCS(=O)(=O)[O-].C[NH2+]C. The first-order valence-electron chi connectivity index (χ1n) is 5.66. The van der Waals surface area contributed by atoms with Gasteiger partial charge in [-0.15, -0.1) is 0 Å². The Balaban J connectivity index is -0.000000207. The molecule has 0 heterocycles. The van der Waals surface area contributed by atoms with E-state index in [-0.39, 0.29) is 11.7 Å². The second-order valence-corrected chi connectivity index (χ2v) is 4.86. The van der Waals surface area contributed by atoms with Crippen LogP contribution in [-0.2, 0) is 19.6 Å². The third kappa shape index (κ3) is 29.4. The fraction of sp³-hybridized carbons (Fsp3) is 0.727. The van der Waals surface area contributed by atoms with Crippen LogP contribution in [0.3, 0.4) is 0 Å². The van der Waals surface area contributed by atoms with Gasteiger partial charge in [-0.3, -0.25) is 0 Å². The topological polar surface area (TPSA) is 100 Å². The molecule has 2 N–H and O–H groups in total. The summed E-state index contributed by atoms with van der Waals surface area (Å²) in [4.78, 5) is 10.4. The highest BCUT2D eigenvalue weighted by Gasteiger charge is 1.98. The molecule has 0 fully saturated rings. The summed E-state index contributed by atoms with van der Waals surface area (Å²) in [6.07, 6.45) is 0.409. The molecule has 0 aromatic carbocycles. The standard InChI is InChI=1S/C6H10O2.C3H8O3S.C2H7N/c1-4-8-6(7)5(2)3;1-2-3-7(4,5)6;1-3-2/h2,4H2,1,3H3;2-3H2,1H3,(H,4,5,6);3H,1-2H3. The van der Waals surface area contributed by atoms with Gasteiger partial charge in [-0.2, -0.15) is 0 Å². The number of carbonyl (C=O) groups excluding carboxylic acids is 1. The van der Waals surface area contributed by atoms with Crippen molar-refractivity contribution in [3.8, 4) is 0 Å². The molecule has 0 amide bonds. The maximum Gasteiger partial charge on any atom is 0.333 e. The number of esters is 1. The molecule has 0 atom stereocenters. The normalized spacial score (nSPS) is 9.22. The van der Waals surface area contributed by atoms with Gasteiger partial charge in [0.25, 0.3) is 0 Å². The summed E-state index contributed by atoms with van der Waals surface area (Å²) in [5, 5.41) is 2.00. The lowest BCUT2D eigenvalue weighted by molar-refractivity contribution is -0.597. The van der Waals surface area contributed by atoms with Gasteiger partial charge in [-0.05, 0) is 20.3 Å². The van der Waals surface area contributed by atoms with Crippen molar-refractivity contribution in [1.29, 1.82) is 0 Å². The molecule has 0 aliphatic heterocycles. The van der Waals surface area contributed by atoms with Crippen LogP contribution in [0.15, 0.2) is 12.2 Å². The number of quaternary nitrogens is 1. The van der Waals surface area contributed by atoms with E-state index < -0.39 is 10.1 Å². The molecular formula is C11H25NO5S. The first-order chi connectivity index (χ1) is 8.16. The lowest BCUT2D eigenvalue weighted by Crippen LogP contribution is -2.74. The number of hydrogen-bond donors (Lipinski definition) is 1. The van der Waals surface area contributed by atoms with Crippen molar-refractivity contribution in [3.05, 3.63) is 12.2 Å². The van der Waals surface area contributed by atoms with Crippen LogP contribution in [0.2, 0.25) is 0 Å². The smallest absolute Gasteiger partial charge is 0.333 e. The van der Waals surface area contributed by atoms with Crippen molar-refractivity contribution >= 4 is 16.1 Å². The Morgan fingerprint density at radius 3 is 1.78 bits per heavy atom. The van der Waals surface area contributed by atoms with Crippen LogP contribution < -0.4 is 5.32 Å². The van der Waals surface area contributed by atoms with Crippen LogP contribution in [0.4, 0.5) is 0 Å². The molecule has 110 valence electrons. The van der Waals surface area contributed by atoms with Gasteiger partial charge >= 0.3 is 5.97 Å². The molecule has 0 aromatic heterocycles. The van der Waals surface area contributed by atoms with Crippen LogP contribution in [0.1, 0.15) is 27.2 Å². The van der Waals surface area contributed by atoms with Crippen molar-refractivity contribution in [1.82, 2.24) is 0 Å². The van der Waals surface area contributed by atoms with Crippen LogP contribution in [-0.4, -0.2) is 45.4 Å². The molecule has 0 aromatic rings. The largest absolute Gasteiger partial charge is 0.748 e. The van der Waals surface area contributed by atoms with E-state index in [0.29, 0.717) is 18.6 Å². The van der Waals surface area contributed by atoms with E-state index in [0.717, 1.165) is 0 Å². The van der Waals surface area contributed by atoms with Gasteiger partial charge in [0.15, 0.2) is 0 Å². The van der Waals surface area contributed by atoms with Gasteiger partial charge < -0.3 is 14.6 Å². The van der Waals surface area contributed by atoms with E-state index in [1.165, 1.54) is 0 Å². The number of nitrogens with two attached hydrogens (primary N) is 1. The molecule has 0 saturated heterocycles. The first kappa shape index (κ1) is 22.3. The monoisotopic (exact) mass is 283 g/mol. The second-order valence-electron chi connectivity index (χ2n) is 3.34. The van der Waals surface area contributed by atoms with Gasteiger partial charge in [-0.1, -0.05) is 13.5 Å². The highest BCUT2D eigenvalue weighted by atomic mass is 32.2. The molecule has 6 nitrogen and oxygen atoms in total. The molecular weight excluding hydrogens is 258 g/mol. The molecule has 7 heteroatoms. The fourth-order valence-electron chi connectivity index (χ4n) is 0.504.